The van der Waals surface area contributed by atoms with Crippen molar-refractivity contribution in [3.05, 3.63) is 11.1 Å². The summed E-state index contributed by atoms with van der Waals surface area (Å²) in [6.45, 7) is 3.11. The molecule has 1 aliphatic heterocycles. The van der Waals surface area contributed by atoms with Crippen molar-refractivity contribution in [3.63, 3.8) is 0 Å². The first-order chi connectivity index (χ1) is 9.63. The van der Waals surface area contributed by atoms with Crippen LogP contribution >= 0.6 is 11.3 Å². The van der Waals surface area contributed by atoms with Crippen LogP contribution in [0.5, 0.6) is 0 Å². The van der Waals surface area contributed by atoms with Crippen LogP contribution in [0.1, 0.15) is 25.1 Å². The van der Waals surface area contributed by atoms with Gasteiger partial charge in [0.25, 0.3) is 0 Å². The number of hydrogen-bond acceptors (Lipinski definition) is 6. The molecule has 0 aromatic carbocycles. The molecule has 0 spiro atoms. The van der Waals surface area contributed by atoms with Crippen LogP contribution in [0.25, 0.3) is 0 Å². The van der Waals surface area contributed by atoms with E-state index in [1.54, 1.807) is 13.8 Å². The minimum atomic E-state index is -3.28. The minimum Gasteiger partial charge on any atom is -0.481 e. The minimum absolute atomic E-state index is 0.000218. The molecule has 9 heteroatoms. The Labute approximate surface area is 126 Å². The van der Waals surface area contributed by atoms with Crippen molar-refractivity contribution in [2.24, 2.45) is 5.92 Å². The molecular weight excluding hydrogens is 316 g/mol. The van der Waals surface area contributed by atoms with Gasteiger partial charge in [0.1, 0.15) is 0 Å². The average molecular weight is 332 g/mol. The number of thiazole rings is 1. The summed E-state index contributed by atoms with van der Waals surface area (Å²) in [5, 5.41) is 11.6. The second kappa shape index (κ2) is 5.38. The number of carboxylic acid groups (broad SMARTS) is 1. The molecule has 1 atom stereocenters. The van der Waals surface area contributed by atoms with Crippen LogP contribution < -0.4 is 5.32 Å². The van der Waals surface area contributed by atoms with E-state index >= 15 is 0 Å². The molecule has 1 aromatic heterocycles. The van der Waals surface area contributed by atoms with E-state index in [9.17, 15) is 18.0 Å². The second-order valence-electron chi connectivity index (χ2n) is 5.46. The van der Waals surface area contributed by atoms with Gasteiger partial charge in [0.15, 0.2) is 15.0 Å². The molecule has 1 aliphatic rings. The Morgan fingerprint density at radius 3 is 2.71 bits per heavy atom. The first-order valence-electron chi connectivity index (χ1n) is 6.33. The fraction of sp³-hybridized carbons (Fsp3) is 0.583. The van der Waals surface area contributed by atoms with E-state index in [4.69, 9.17) is 5.11 Å². The third-order valence-electron chi connectivity index (χ3n) is 3.74. The number of amides is 1. The van der Waals surface area contributed by atoms with Crippen molar-refractivity contribution >= 4 is 38.2 Å². The average Bonchev–Trinajstić information content (AvgIpc) is 2.82. The summed E-state index contributed by atoms with van der Waals surface area (Å²) in [6.07, 6.45) is 1.52. The number of aromatic nitrogens is 1. The number of carbonyl (C=O) groups is 2. The van der Waals surface area contributed by atoms with Crippen molar-refractivity contribution in [2.75, 3.05) is 11.1 Å². The van der Waals surface area contributed by atoms with Gasteiger partial charge in [-0.25, -0.2) is 13.4 Å². The lowest BCUT2D eigenvalue weighted by molar-refractivity contribution is -0.136. The molecule has 0 saturated carbocycles. The number of hydrogen-bond donors (Lipinski definition) is 2. The van der Waals surface area contributed by atoms with Gasteiger partial charge < -0.3 is 10.4 Å². The van der Waals surface area contributed by atoms with E-state index in [1.165, 1.54) is 6.20 Å². The highest BCUT2D eigenvalue weighted by atomic mass is 32.2. The van der Waals surface area contributed by atoms with E-state index in [2.05, 4.69) is 10.3 Å². The molecule has 2 heterocycles. The Morgan fingerprint density at radius 1 is 1.52 bits per heavy atom. The van der Waals surface area contributed by atoms with Gasteiger partial charge in [0.2, 0.25) is 5.91 Å². The van der Waals surface area contributed by atoms with E-state index in [0.29, 0.717) is 4.88 Å². The van der Waals surface area contributed by atoms with Gasteiger partial charge in [-0.2, -0.15) is 0 Å². The van der Waals surface area contributed by atoms with Crippen molar-refractivity contribution < 1.29 is 23.1 Å². The molecule has 116 valence electrons. The number of sulfone groups is 1. The van der Waals surface area contributed by atoms with Crippen molar-refractivity contribution in [1.29, 1.82) is 0 Å². The van der Waals surface area contributed by atoms with Crippen molar-refractivity contribution in [2.45, 2.75) is 31.4 Å². The van der Waals surface area contributed by atoms with Crippen LogP contribution in [0.3, 0.4) is 0 Å². The van der Waals surface area contributed by atoms with Crippen LogP contribution in [-0.4, -0.2) is 40.9 Å². The number of nitrogens with zero attached hydrogens (tertiary/aromatic N) is 1. The van der Waals surface area contributed by atoms with Crippen molar-refractivity contribution in [3.8, 4) is 0 Å². The highest BCUT2D eigenvalue weighted by Crippen LogP contribution is 2.38. The van der Waals surface area contributed by atoms with E-state index in [0.717, 1.165) is 11.3 Å². The number of rotatable bonds is 4. The van der Waals surface area contributed by atoms with Gasteiger partial charge in [0.05, 0.1) is 22.8 Å². The van der Waals surface area contributed by atoms with E-state index < -0.39 is 32.4 Å². The molecule has 0 aliphatic carbocycles. The third kappa shape index (κ3) is 3.08. The predicted molar refractivity (Wildman–Crippen MR) is 78.1 cm³/mol. The molecular formula is C12H16N2O5S2. The van der Waals surface area contributed by atoms with Crippen LogP contribution in [0.4, 0.5) is 5.13 Å². The molecule has 1 saturated heterocycles. The second-order valence-corrected chi connectivity index (χ2v) is 9.26. The summed E-state index contributed by atoms with van der Waals surface area (Å²) < 4.78 is 22.7. The van der Waals surface area contributed by atoms with Gasteiger partial charge in [-0.1, -0.05) is 0 Å². The number of aliphatic carboxylic acids is 1. The fourth-order valence-corrected chi connectivity index (χ4v) is 4.87. The van der Waals surface area contributed by atoms with Gasteiger partial charge in [-0.15, -0.1) is 11.3 Å². The Hall–Kier alpha value is -1.48. The molecule has 21 heavy (non-hydrogen) atoms. The largest absolute Gasteiger partial charge is 0.481 e. The number of anilines is 1. The monoisotopic (exact) mass is 332 g/mol. The first-order valence-corrected chi connectivity index (χ1v) is 8.80. The summed E-state index contributed by atoms with van der Waals surface area (Å²) >= 11 is 1.08. The van der Waals surface area contributed by atoms with Crippen molar-refractivity contribution in [1.82, 2.24) is 4.98 Å². The Morgan fingerprint density at radius 2 is 2.19 bits per heavy atom. The summed E-state index contributed by atoms with van der Waals surface area (Å²) in [5.74, 6) is -1.99. The highest BCUT2D eigenvalue weighted by Gasteiger charge is 2.50. The zero-order valence-electron chi connectivity index (χ0n) is 11.6. The fourth-order valence-electron chi connectivity index (χ4n) is 2.34. The molecule has 0 bridgehead atoms. The zero-order valence-corrected chi connectivity index (χ0v) is 13.3. The predicted octanol–water partition coefficient (Wildman–Crippen LogP) is 0.922. The molecule has 1 unspecified atom stereocenters. The lowest BCUT2D eigenvalue weighted by Gasteiger charge is -2.24. The Balaban J connectivity index is 2.09. The summed E-state index contributed by atoms with van der Waals surface area (Å²) in [6, 6.07) is 0. The number of carbonyl (C=O) groups excluding carboxylic acids is 1. The molecule has 7 nitrogen and oxygen atoms in total. The summed E-state index contributed by atoms with van der Waals surface area (Å²) in [4.78, 5) is 27.3. The maximum absolute atomic E-state index is 12.2. The number of nitrogens with one attached hydrogen (secondary N) is 1. The van der Waals surface area contributed by atoms with Gasteiger partial charge in [0, 0.05) is 11.1 Å². The number of carboxylic acids is 1. The Kier molecular flexibility index (Phi) is 4.07. The summed E-state index contributed by atoms with van der Waals surface area (Å²) in [7, 11) is -3.28. The van der Waals surface area contributed by atoms with Crippen LogP contribution in [0, 0.1) is 5.92 Å². The molecule has 1 amide bonds. The van der Waals surface area contributed by atoms with Crippen LogP contribution in [-0.2, 0) is 25.8 Å². The third-order valence-corrected chi connectivity index (χ3v) is 7.32. The molecule has 0 radical (unpaired) electrons. The standard InChI is InChI=1S/C12H16N2O5S2/c1-12(2)8(3-4-21(12,18)19)10(17)14-11-13-6-7(20-11)5-9(15)16/h6,8H,3-5H2,1-2H3,(H,15,16)(H,13,14,17). The Bertz CT molecular complexity index is 678. The molecule has 1 fully saturated rings. The highest BCUT2D eigenvalue weighted by molar-refractivity contribution is 7.93. The molecule has 2 rings (SSSR count). The van der Waals surface area contributed by atoms with Crippen LogP contribution in [0.2, 0.25) is 0 Å². The van der Waals surface area contributed by atoms with E-state index in [-0.39, 0.29) is 23.7 Å². The molecule has 2 N–H and O–H groups in total. The zero-order chi connectivity index (χ0) is 15.8. The first kappa shape index (κ1) is 15.9. The van der Waals surface area contributed by atoms with E-state index in [1.807, 2.05) is 0 Å². The SMILES string of the molecule is CC1(C)C(C(=O)Nc2ncc(CC(=O)O)s2)CCS1(=O)=O. The van der Waals surface area contributed by atoms with Gasteiger partial charge in [-0.05, 0) is 20.3 Å². The topological polar surface area (TPSA) is 113 Å². The maximum atomic E-state index is 12.2. The maximum Gasteiger partial charge on any atom is 0.308 e. The quantitative estimate of drug-likeness (QED) is 0.847. The lowest BCUT2D eigenvalue weighted by atomic mass is 9.92. The lowest BCUT2D eigenvalue weighted by Crippen LogP contribution is -2.40. The normalized spacial score (nSPS) is 22.9. The summed E-state index contributed by atoms with van der Waals surface area (Å²) in [5.41, 5.74) is 0. The molecule has 1 aromatic rings. The van der Waals surface area contributed by atoms with Gasteiger partial charge in [-0.3, -0.25) is 9.59 Å². The van der Waals surface area contributed by atoms with Gasteiger partial charge >= 0.3 is 5.97 Å². The van der Waals surface area contributed by atoms with Crippen LogP contribution in [0.15, 0.2) is 6.20 Å². The smallest absolute Gasteiger partial charge is 0.308 e.